The molecule has 0 saturated carbocycles. The maximum absolute atomic E-state index is 2.50. The first kappa shape index (κ1) is 72.2. The topological polar surface area (TPSA) is 0 Å². The summed E-state index contributed by atoms with van der Waals surface area (Å²) in [4.78, 5) is 0. The molecule has 0 nitrogen and oxygen atoms in total. The second-order valence-electron chi connectivity index (χ2n) is 36.0. The summed E-state index contributed by atoms with van der Waals surface area (Å²) in [6, 6.07) is 155. The van der Waals surface area contributed by atoms with E-state index in [1.165, 1.54) is 253 Å². The van der Waals surface area contributed by atoms with E-state index in [0.717, 1.165) is 0 Å². The summed E-state index contributed by atoms with van der Waals surface area (Å²) >= 11 is 0. The Balaban J connectivity index is 0.000000139. The number of fused-ring (bicyclic) bond motifs is 19. The van der Waals surface area contributed by atoms with Crippen LogP contribution in [0.2, 0.25) is 0 Å². The molecule has 0 heterocycles. The van der Waals surface area contributed by atoms with Crippen LogP contribution >= 0.6 is 0 Å². The molecule has 0 bridgehead atoms. The van der Waals surface area contributed by atoms with Crippen LogP contribution in [-0.4, -0.2) is 0 Å². The monoisotopic (exact) mass is 1560 g/mol. The predicted molar refractivity (Wildman–Crippen MR) is 527 cm³/mol. The number of rotatable bonds is 8. The van der Waals surface area contributed by atoms with Gasteiger partial charge in [-0.25, -0.2) is 0 Å². The van der Waals surface area contributed by atoms with Gasteiger partial charge in [0.15, 0.2) is 0 Å². The summed E-state index contributed by atoms with van der Waals surface area (Å²) in [6.45, 7) is 14.3. The van der Waals surface area contributed by atoms with Gasteiger partial charge in [0.25, 0.3) is 0 Å². The van der Waals surface area contributed by atoms with E-state index in [0.29, 0.717) is 0 Å². The minimum Gasteiger partial charge on any atom is -0.0619 e. The fraction of sp³-hybridized carbons (Fsp3) is 0.0732. The molecular weight excluding hydrogens is 1480 g/mol. The molecular formula is C123H86. The first-order chi connectivity index (χ1) is 60.3. The predicted octanol–water partition coefficient (Wildman–Crippen LogP) is 34.0. The molecule has 25 rings (SSSR count). The van der Waals surface area contributed by atoms with Crippen LogP contribution in [0.5, 0.6) is 0 Å². The Morgan fingerprint density at radius 2 is 0.407 bits per heavy atom. The van der Waals surface area contributed by atoms with Crippen molar-refractivity contribution < 1.29 is 0 Å². The SMILES string of the molecule is CC1(C)c2ccccc2-c2ccc(-c3c4ccccc4c(-c4ccc(-c5cc6ccccc6c6ccccc56)cc4)c4ccc(-c5ccc6ccccc6c5)cc34)cc21.CC1(C)c2ccccc2-c2ccc(-c3ccc(-c4c5ccccc5c(-c5ccc6c(c5)C(C)(C)c5ccccc5-6)c5cc(-c6ccc7ccccc7c6)ccc45)c4ccccc34)cc21. The van der Waals surface area contributed by atoms with Crippen molar-refractivity contribution in [3.05, 3.63) is 446 Å². The van der Waals surface area contributed by atoms with Crippen LogP contribution in [0.15, 0.2) is 413 Å². The highest BCUT2D eigenvalue weighted by Gasteiger charge is 2.39. The largest absolute Gasteiger partial charge is 0.0619 e. The third-order valence-corrected chi connectivity index (χ3v) is 28.3. The zero-order chi connectivity index (χ0) is 82.1. The maximum atomic E-state index is 2.50. The minimum atomic E-state index is -0.108. The summed E-state index contributed by atoms with van der Waals surface area (Å²) in [6.07, 6.45) is 0. The lowest BCUT2D eigenvalue weighted by molar-refractivity contribution is 0.660. The second-order valence-corrected chi connectivity index (χ2v) is 36.0. The van der Waals surface area contributed by atoms with Gasteiger partial charge in [0, 0.05) is 16.2 Å². The van der Waals surface area contributed by atoms with Gasteiger partial charge in [0.2, 0.25) is 0 Å². The van der Waals surface area contributed by atoms with Gasteiger partial charge < -0.3 is 0 Å². The van der Waals surface area contributed by atoms with Gasteiger partial charge >= 0.3 is 0 Å². The average Bonchev–Trinajstić information content (AvgIpc) is 1.67. The first-order valence-corrected chi connectivity index (χ1v) is 43.5. The molecule has 22 aromatic rings. The van der Waals surface area contributed by atoms with Gasteiger partial charge in [-0.2, -0.15) is 0 Å². The fourth-order valence-corrected chi connectivity index (χ4v) is 22.1. The van der Waals surface area contributed by atoms with Crippen LogP contribution in [0, 0.1) is 0 Å². The van der Waals surface area contributed by atoms with E-state index in [4.69, 9.17) is 0 Å². The molecule has 0 spiro atoms. The van der Waals surface area contributed by atoms with Gasteiger partial charge in [0.05, 0.1) is 0 Å². The molecule has 22 aromatic carbocycles. The molecule has 0 N–H and O–H groups in total. The summed E-state index contributed by atoms with van der Waals surface area (Å²) in [5.41, 5.74) is 36.2. The molecule has 3 aliphatic carbocycles. The summed E-state index contributed by atoms with van der Waals surface area (Å²) in [5, 5.41) is 22.8. The first-order valence-electron chi connectivity index (χ1n) is 43.5. The van der Waals surface area contributed by atoms with Crippen molar-refractivity contribution in [2.24, 2.45) is 0 Å². The van der Waals surface area contributed by atoms with Crippen LogP contribution < -0.4 is 0 Å². The third-order valence-electron chi connectivity index (χ3n) is 28.3. The lowest BCUT2D eigenvalue weighted by Gasteiger charge is -2.24. The molecule has 0 amide bonds. The normalized spacial score (nSPS) is 13.6. The van der Waals surface area contributed by atoms with Gasteiger partial charge in [-0.3, -0.25) is 0 Å². The Bertz CT molecular complexity index is 8260. The van der Waals surface area contributed by atoms with Crippen molar-refractivity contribution in [3.8, 4) is 122 Å². The molecule has 0 unspecified atom stereocenters. The summed E-state index contributed by atoms with van der Waals surface area (Å²) < 4.78 is 0. The molecule has 0 fully saturated rings. The van der Waals surface area contributed by atoms with Crippen molar-refractivity contribution in [2.45, 2.75) is 57.8 Å². The Hall–Kier alpha value is -14.8. The zero-order valence-corrected chi connectivity index (χ0v) is 69.8. The molecule has 578 valence electrons. The highest BCUT2D eigenvalue weighted by molar-refractivity contribution is 6.26. The maximum Gasteiger partial charge on any atom is 0.0159 e. The fourth-order valence-electron chi connectivity index (χ4n) is 22.1. The van der Waals surface area contributed by atoms with Crippen molar-refractivity contribution in [1.29, 1.82) is 0 Å². The van der Waals surface area contributed by atoms with E-state index in [1.807, 2.05) is 0 Å². The molecule has 123 heavy (non-hydrogen) atoms. The molecule has 0 atom stereocenters. The summed E-state index contributed by atoms with van der Waals surface area (Å²) in [7, 11) is 0. The van der Waals surface area contributed by atoms with E-state index >= 15 is 0 Å². The van der Waals surface area contributed by atoms with E-state index in [1.54, 1.807) is 0 Å². The quantitative estimate of drug-likeness (QED) is 0.105. The highest BCUT2D eigenvalue weighted by atomic mass is 14.4. The van der Waals surface area contributed by atoms with Gasteiger partial charge in [-0.05, 0) is 301 Å². The van der Waals surface area contributed by atoms with Crippen LogP contribution in [0.4, 0.5) is 0 Å². The summed E-state index contributed by atoms with van der Waals surface area (Å²) in [5.74, 6) is 0. The molecule has 3 aliphatic rings. The molecule has 0 aliphatic heterocycles. The van der Waals surface area contributed by atoms with Crippen LogP contribution in [-0.2, 0) is 16.2 Å². The van der Waals surface area contributed by atoms with E-state index in [-0.39, 0.29) is 16.2 Å². The van der Waals surface area contributed by atoms with Gasteiger partial charge in [-0.15, -0.1) is 0 Å². The molecule has 0 saturated heterocycles. The molecule has 0 aromatic heterocycles. The van der Waals surface area contributed by atoms with Crippen LogP contribution in [0.3, 0.4) is 0 Å². The Kier molecular flexibility index (Phi) is 16.2. The van der Waals surface area contributed by atoms with Crippen molar-refractivity contribution in [1.82, 2.24) is 0 Å². The van der Waals surface area contributed by atoms with Gasteiger partial charge in [0.1, 0.15) is 0 Å². The van der Waals surface area contributed by atoms with Crippen LogP contribution in [0.1, 0.15) is 74.9 Å². The lowest BCUT2D eigenvalue weighted by Crippen LogP contribution is -2.14. The highest BCUT2D eigenvalue weighted by Crippen LogP contribution is 2.57. The van der Waals surface area contributed by atoms with Crippen molar-refractivity contribution in [2.75, 3.05) is 0 Å². The molecule has 0 heteroatoms. The minimum absolute atomic E-state index is 0.0679. The zero-order valence-electron chi connectivity index (χ0n) is 69.8. The second kappa shape index (κ2) is 27.6. The van der Waals surface area contributed by atoms with E-state index in [9.17, 15) is 0 Å². The van der Waals surface area contributed by atoms with Crippen molar-refractivity contribution in [3.63, 3.8) is 0 Å². The van der Waals surface area contributed by atoms with E-state index < -0.39 is 0 Å². The average molecular weight is 1560 g/mol. The standard InChI is InChI=1S/C64H46.C59H40/c1-63(2)57-23-13-11-19-48(57)50-30-28-43(37-59(50)63)45-33-34-54(47-18-8-7-17-46(45)47)62-53-22-10-9-21-52(53)61(44-29-31-51-49-20-12-14-24-58(49)64(3,4)60(51)38-44)56-36-42(27-32-55(56)62)41-26-25-39-15-5-6-16-40(39)35-41;1-59(2)55-22-12-11-19-48(55)49-31-30-44(36-56(49)59)58-51-21-10-9-20-50(51)57(52-32-29-42(34-54(52)58)41-28-23-37-13-3-4-14-40(37)33-41)39-26-24-38(25-27-39)53-35-43-15-5-6-16-45(43)46-17-7-8-18-47(46)53/h5-38H,1-4H3;3-36H,1-2H3. The number of hydrogen-bond acceptors (Lipinski definition) is 0. The van der Waals surface area contributed by atoms with Crippen molar-refractivity contribution >= 4 is 97.0 Å². The smallest absolute Gasteiger partial charge is 0.0159 e. The Morgan fingerprint density at radius 3 is 0.886 bits per heavy atom. The van der Waals surface area contributed by atoms with Gasteiger partial charge in [-0.1, -0.05) is 406 Å². The number of hydrogen-bond donors (Lipinski definition) is 0. The Morgan fingerprint density at radius 1 is 0.122 bits per heavy atom. The Labute approximate surface area is 718 Å². The number of benzene rings is 22. The molecule has 0 radical (unpaired) electrons. The van der Waals surface area contributed by atoms with E-state index in [2.05, 4.69) is 454 Å². The third kappa shape index (κ3) is 11.2. The lowest BCUT2D eigenvalue weighted by atomic mass is 9.79. The van der Waals surface area contributed by atoms with Crippen LogP contribution in [0.25, 0.3) is 219 Å².